The van der Waals surface area contributed by atoms with E-state index in [1.54, 1.807) is 12.4 Å². The smallest absolute Gasteiger partial charge is 0.157 e. The first-order chi connectivity index (χ1) is 12.7. The second-order valence-corrected chi connectivity index (χ2v) is 6.90. The molecule has 0 spiro atoms. The van der Waals surface area contributed by atoms with Crippen LogP contribution < -0.4 is 5.32 Å². The minimum Gasteiger partial charge on any atom is -0.379 e. The number of anilines is 1. The van der Waals surface area contributed by atoms with Crippen molar-refractivity contribution in [1.82, 2.24) is 19.6 Å². The lowest BCUT2D eigenvalue weighted by Gasteiger charge is -2.29. The summed E-state index contributed by atoms with van der Waals surface area (Å²) in [4.78, 5) is 8.64. The lowest BCUT2D eigenvalue weighted by molar-refractivity contribution is 0.0346. The van der Waals surface area contributed by atoms with Gasteiger partial charge in [0.25, 0.3) is 0 Å². The van der Waals surface area contributed by atoms with Crippen LogP contribution in [0.5, 0.6) is 0 Å². The highest BCUT2D eigenvalue weighted by molar-refractivity contribution is 5.65. The molecule has 4 rings (SSSR count). The first kappa shape index (κ1) is 17.0. The quantitative estimate of drug-likeness (QED) is 0.756. The molecule has 0 amide bonds. The van der Waals surface area contributed by atoms with Crippen LogP contribution in [-0.4, -0.2) is 38.3 Å². The molecule has 6 nitrogen and oxygen atoms in total. The molecule has 1 saturated carbocycles. The van der Waals surface area contributed by atoms with Crippen LogP contribution in [-0.2, 0) is 4.74 Å². The minimum absolute atomic E-state index is 0.419. The lowest BCUT2D eigenvalue weighted by atomic mass is 9.93. The molecule has 0 bridgehead atoms. The van der Waals surface area contributed by atoms with Gasteiger partial charge >= 0.3 is 0 Å². The van der Waals surface area contributed by atoms with Crippen molar-refractivity contribution in [1.29, 1.82) is 0 Å². The van der Waals surface area contributed by atoms with Crippen LogP contribution in [0.25, 0.3) is 16.9 Å². The molecule has 0 saturated heterocycles. The first-order valence-corrected chi connectivity index (χ1v) is 9.38. The molecular weight excluding hydrogens is 326 g/mol. The van der Waals surface area contributed by atoms with E-state index in [2.05, 4.69) is 35.2 Å². The largest absolute Gasteiger partial charge is 0.379 e. The normalized spacial score (nSPS) is 20.4. The molecular formula is C20H25N5O. The van der Waals surface area contributed by atoms with Gasteiger partial charge < -0.3 is 10.1 Å². The van der Waals surface area contributed by atoms with Gasteiger partial charge in [0.2, 0.25) is 0 Å². The van der Waals surface area contributed by atoms with Gasteiger partial charge in [-0.1, -0.05) is 0 Å². The van der Waals surface area contributed by atoms with E-state index in [1.807, 2.05) is 22.8 Å². The summed E-state index contributed by atoms with van der Waals surface area (Å²) in [5.74, 6) is 0.906. The Morgan fingerprint density at radius 2 is 1.96 bits per heavy atom. The fraction of sp³-hybridized carbons (Fsp3) is 0.450. The maximum atomic E-state index is 5.75. The van der Waals surface area contributed by atoms with Gasteiger partial charge in [-0.25, -0.2) is 9.50 Å². The van der Waals surface area contributed by atoms with Crippen molar-refractivity contribution >= 4 is 11.5 Å². The van der Waals surface area contributed by atoms with E-state index in [1.165, 1.54) is 0 Å². The molecule has 3 aromatic heterocycles. The number of fused-ring (bicyclic) bond motifs is 1. The van der Waals surface area contributed by atoms with Crippen LogP contribution in [0.3, 0.4) is 0 Å². The minimum atomic E-state index is 0.419. The van der Waals surface area contributed by atoms with Gasteiger partial charge in [-0.15, -0.1) is 5.10 Å². The van der Waals surface area contributed by atoms with Crippen molar-refractivity contribution in [3.05, 3.63) is 42.4 Å². The van der Waals surface area contributed by atoms with Gasteiger partial charge in [0.15, 0.2) is 5.65 Å². The van der Waals surface area contributed by atoms with E-state index in [4.69, 9.17) is 9.84 Å². The fourth-order valence-electron chi connectivity index (χ4n) is 3.73. The number of aromatic nitrogens is 4. The third-order valence-electron chi connectivity index (χ3n) is 5.06. The van der Waals surface area contributed by atoms with E-state index in [9.17, 15) is 0 Å². The number of nitrogens with one attached hydrogen (secondary N) is 1. The van der Waals surface area contributed by atoms with E-state index in [-0.39, 0.29) is 0 Å². The Bertz CT molecular complexity index is 869. The summed E-state index contributed by atoms with van der Waals surface area (Å²) >= 11 is 0. The number of hydrogen-bond acceptors (Lipinski definition) is 5. The second kappa shape index (κ2) is 7.41. The lowest BCUT2D eigenvalue weighted by Crippen LogP contribution is -2.30. The number of nitrogens with zero attached hydrogens (tertiary/aromatic N) is 4. The molecule has 6 heteroatoms. The highest BCUT2D eigenvalue weighted by Gasteiger charge is 2.22. The van der Waals surface area contributed by atoms with Crippen LogP contribution >= 0.6 is 0 Å². The Hall–Kier alpha value is -2.47. The molecule has 0 aliphatic heterocycles. The molecule has 1 N–H and O–H groups in total. The third kappa shape index (κ3) is 3.42. The monoisotopic (exact) mass is 351 g/mol. The number of hydrogen-bond donors (Lipinski definition) is 1. The van der Waals surface area contributed by atoms with E-state index in [0.717, 1.165) is 60.6 Å². The molecule has 0 radical (unpaired) electrons. The second-order valence-electron chi connectivity index (χ2n) is 6.90. The molecule has 1 fully saturated rings. The summed E-state index contributed by atoms with van der Waals surface area (Å²) in [5, 5.41) is 8.43. The van der Waals surface area contributed by atoms with Crippen LogP contribution in [0.4, 0.5) is 5.82 Å². The van der Waals surface area contributed by atoms with E-state index in [0.29, 0.717) is 12.1 Å². The van der Waals surface area contributed by atoms with Crippen LogP contribution in [0.2, 0.25) is 0 Å². The van der Waals surface area contributed by atoms with Crippen LogP contribution in [0.15, 0.2) is 36.8 Å². The van der Waals surface area contributed by atoms with Crippen molar-refractivity contribution in [2.24, 2.45) is 0 Å². The van der Waals surface area contributed by atoms with Gasteiger partial charge in [0.05, 0.1) is 18.0 Å². The van der Waals surface area contributed by atoms with E-state index < -0.39 is 0 Å². The highest BCUT2D eigenvalue weighted by atomic mass is 16.5. The predicted octanol–water partition coefficient (Wildman–Crippen LogP) is 3.86. The summed E-state index contributed by atoms with van der Waals surface area (Å²) in [6.45, 7) is 4.95. The average molecular weight is 351 g/mol. The van der Waals surface area contributed by atoms with Crippen molar-refractivity contribution in [2.75, 3.05) is 11.9 Å². The van der Waals surface area contributed by atoms with Gasteiger partial charge in [-0.05, 0) is 63.3 Å². The maximum absolute atomic E-state index is 5.75. The van der Waals surface area contributed by atoms with Gasteiger partial charge in [0, 0.05) is 30.6 Å². The first-order valence-electron chi connectivity index (χ1n) is 9.38. The predicted molar refractivity (Wildman–Crippen MR) is 102 cm³/mol. The molecule has 1 aliphatic carbocycles. The number of ether oxygens (including phenoxy) is 1. The summed E-state index contributed by atoms with van der Waals surface area (Å²) in [5.41, 5.74) is 4.05. The zero-order valence-corrected chi connectivity index (χ0v) is 15.4. The number of pyridine rings is 1. The van der Waals surface area contributed by atoms with Crippen molar-refractivity contribution < 1.29 is 4.74 Å². The Kier molecular flexibility index (Phi) is 4.84. The Labute approximate surface area is 153 Å². The molecule has 26 heavy (non-hydrogen) atoms. The van der Waals surface area contributed by atoms with Crippen molar-refractivity contribution in [2.45, 2.75) is 51.7 Å². The highest BCUT2D eigenvalue weighted by Crippen LogP contribution is 2.26. The molecule has 0 aromatic carbocycles. The standard InChI is InChI=1S/C20H25N5O/c1-3-26-17-6-4-16(5-7-17)23-19-12-14(2)20-22-13-18(25(20)24-19)15-8-10-21-11-9-15/h8-13,16-17H,3-7H2,1-2H3,(H,23,24)/t16-,17-. The SMILES string of the molecule is CCO[C@H]1CC[C@H](Nc2cc(C)c3ncc(-c4ccncc4)n3n2)CC1. The summed E-state index contributed by atoms with van der Waals surface area (Å²) in [6.07, 6.45) is 10.3. The zero-order chi connectivity index (χ0) is 17.9. The third-order valence-corrected chi connectivity index (χ3v) is 5.06. The number of aryl methyl sites for hydroxylation is 1. The molecule has 1 aliphatic rings. The zero-order valence-electron chi connectivity index (χ0n) is 15.4. The average Bonchev–Trinajstić information content (AvgIpc) is 3.09. The molecule has 3 aromatic rings. The summed E-state index contributed by atoms with van der Waals surface area (Å²) < 4.78 is 7.68. The Morgan fingerprint density at radius 3 is 2.69 bits per heavy atom. The fourth-order valence-corrected chi connectivity index (χ4v) is 3.73. The molecule has 3 heterocycles. The van der Waals surface area contributed by atoms with Gasteiger partial charge in [-0.3, -0.25) is 4.98 Å². The van der Waals surface area contributed by atoms with Gasteiger partial charge in [-0.2, -0.15) is 0 Å². The topological polar surface area (TPSA) is 64.3 Å². The summed E-state index contributed by atoms with van der Waals surface area (Å²) in [6, 6.07) is 6.50. The molecule has 0 atom stereocenters. The maximum Gasteiger partial charge on any atom is 0.157 e. The Morgan fingerprint density at radius 1 is 1.19 bits per heavy atom. The molecule has 136 valence electrons. The van der Waals surface area contributed by atoms with Crippen LogP contribution in [0.1, 0.15) is 38.2 Å². The van der Waals surface area contributed by atoms with Crippen molar-refractivity contribution in [3.63, 3.8) is 0 Å². The Balaban J connectivity index is 1.57. The van der Waals surface area contributed by atoms with Crippen LogP contribution in [0, 0.1) is 6.92 Å². The van der Waals surface area contributed by atoms with Gasteiger partial charge in [0.1, 0.15) is 5.82 Å². The number of rotatable bonds is 5. The van der Waals surface area contributed by atoms with E-state index >= 15 is 0 Å². The summed E-state index contributed by atoms with van der Waals surface area (Å²) in [7, 11) is 0. The number of imidazole rings is 1. The van der Waals surface area contributed by atoms with Crippen molar-refractivity contribution in [3.8, 4) is 11.3 Å². The molecule has 0 unspecified atom stereocenters.